The van der Waals surface area contributed by atoms with Gasteiger partial charge in [0.15, 0.2) is 0 Å². The second-order valence-electron chi connectivity index (χ2n) is 6.96. The van der Waals surface area contributed by atoms with Gasteiger partial charge in [-0.15, -0.1) is 0 Å². The van der Waals surface area contributed by atoms with Crippen LogP contribution >= 0.6 is 0 Å². The van der Waals surface area contributed by atoms with Crippen LogP contribution in [0, 0.1) is 0 Å². The molecule has 1 aliphatic heterocycles. The Morgan fingerprint density at radius 2 is 1.82 bits per heavy atom. The molecule has 2 amide bonds. The zero-order valence-electron chi connectivity index (χ0n) is 15.7. The Morgan fingerprint density at radius 3 is 2.36 bits per heavy atom. The highest BCUT2D eigenvalue weighted by atomic mass is 19.4. The molecule has 2 aliphatic rings. The Bertz CT molecular complexity index is 708. The highest BCUT2D eigenvalue weighted by Gasteiger charge is 2.38. The van der Waals surface area contributed by atoms with E-state index in [2.05, 4.69) is 20.6 Å². The Hall–Kier alpha value is -2.59. The molecule has 0 bridgehead atoms. The number of urea groups is 1. The van der Waals surface area contributed by atoms with E-state index in [0.717, 1.165) is 30.9 Å². The average molecular weight is 403 g/mol. The molecule has 0 aromatic carbocycles. The Morgan fingerprint density at radius 1 is 1.21 bits per heavy atom. The number of hydrogen-bond acceptors (Lipinski definition) is 5. The second-order valence-corrected chi connectivity index (χ2v) is 6.96. The lowest BCUT2D eigenvalue weighted by molar-refractivity contribution is -0.192. The van der Waals surface area contributed by atoms with Crippen LogP contribution in [0.4, 0.5) is 23.8 Å². The third-order valence-corrected chi connectivity index (χ3v) is 4.14. The molecule has 8 nitrogen and oxygen atoms in total. The SMILES string of the molecule is CC(C)NC(=O)N1CCc2ncnc(NC3CC3)c2CC1.O=C(O)C(F)(F)F. The summed E-state index contributed by atoms with van der Waals surface area (Å²) in [6.45, 7) is 5.39. The van der Waals surface area contributed by atoms with Gasteiger partial charge >= 0.3 is 18.2 Å². The van der Waals surface area contributed by atoms with E-state index in [-0.39, 0.29) is 12.1 Å². The summed E-state index contributed by atoms with van der Waals surface area (Å²) < 4.78 is 31.7. The molecule has 1 aromatic heterocycles. The first-order chi connectivity index (χ1) is 13.1. The predicted molar refractivity (Wildman–Crippen MR) is 95.0 cm³/mol. The van der Waals surface area contributed by atoms with E-state index in [0.29, 0.717) is 12.6 Å². The quantitative estimate of drug-likeness (QED) is 0.714. The number of carbonyl (C=O) groups excluding carboxylic acids is 1. The number of carboxylic acid groups (broad SMARTS) is 1. The van der Waals surface area contributed by atoms with E-state index in [4.69, 9.17) is 9.90 Å². The summed E-state index contributed by atoms with van der Waals surface area (Å²) in [6.07, 6.45) is 0.607. The molecule has 3 rings (SSSR count). The highest BCUT2D eigenvalue weighted by molar-refractivity contribution is 5.74. The maximum Gasteiger partial charge on any atom is 0.490 e. The molecular formula is C17H24F3N5O3. The molecule has 2 heterocycles. The van der Waals surface area contributed by atoms with Crippen molar-refractivity contribution < 1.29 is 27.9 Å². The third kappa shape index (κ3) is 6.54. The number of alkyl halides is 3. The second kappa shape index (κ2) is 9.07. The number of amides is 2. The van der Waals surface area contributed by atoms with Crippen molar-refractivity contribution in [3.63, 3.8) is 0 Å². The van der Waals surface area contributed by atoms with Crippen molar-refractivity contribution in [1.82, 2.24) is 20.2 Å². The Labute approximate surface area is 160 Å². The maximum absolute atomic E-state index is 12.1. The third-order valence-electron chi connectivity index (χ3n) is 4.14. The van der Waals surface area contributed by atoms with E-state index in [1.165, 1.54) is 18.4 Å². The van der Waals surface area contributed by atoms with Crippen molar-refractivity contribution in [1.29, 1.82) is 0 Å². The summed E-state index contributed by atoms with van der Waals surface area (Å²) >= 11 is 0. The van der Waals surface area contributed by atoms with Crippen LogP contribution in [0.1, 0.15) is 37.9 Å². The summed E-state index contributed by atoms with van der Waals surface area (Å²) in [5, 5.41) is 13.6. The molecular weight excluding hydrogens is 379 g/mol. The fourth-order valence-electron chi connectivity index (χ4n) is 2.61. The van der Waals surface area contributed by atoms with Gasteiger partial charge < -0.3 is 20.6 Å². The molecule has 0 spiro atoms. The molecule has 28 heavy (non-hydrogen) atoms. The first-order valence-electron chi connectivity index (χ1n) is 9.02. The van der Waals surface area contributed by atoms with E-state index >= 15 is 0 Å². The smallest absolute Gasteiger partial charge is 0.475 e. The van der Waals surface area contributed by atoms with Crippen LogP contribution in [-0.2, 0) is 17.6 Å². The number of aromatic nitrogens is 2. The molecule has 1 aliphatic carbocycles. The zero-order valence-corrected chi connectivity index (χ0v) is 15.7. The van der Waals surface area contributed by atoms with Crippen molar-refractivity contribution in [2.45, 2.75) is 57.8 Å². The molecule has 156 valence electrons. The molecule has 11 heteroatoms. The maximum atomic E-state index is 12.1. The number of halogens is 3. The molecule has 0 saturated heterocycles. The number of rotatable bonds is 3. The van der Waals surface area contributed by atoms with Gasteiger partial charge in [0.25, 0.3) is 0 Å². The lowest BCUT2D eigenvalue weighted by Gasteiger charge is -2.22. The van der Waals surface area contributed by atoms with Crippen molar-refractivity contribution in [2.24, 2.45) is 0 Å². The van der Waals surface area contributed by atoms with Gasteiger partial charge in [-0.3, -0.25) is 0 Å². The number of hydrogen-bond donors (Lipinski definition) is 3. The van der Waals surface area contributed by atoms with Gasteiger partial charge in [-0.2, -0.15) is 13.2 Å². The predicted octanol–water partition coefficient (Wildman–Crippen LogP) is 2.20. The van der Waals surface area contributed by atoms with Crippen molar-refractivity contribution >= 4 is 17.8 Å². The fraction of sp³-hybridized carbons (Fsp3) is 0.647. The van der Waals surface area contributed by atoms with Gasteiger partial charge in [0.1, 0.15) is 12.1 Å². The molecule has 0 unspecified atom stereocenters. The van der Waals surface area contributed by atoms with Crippen molar-refractivity contribution in [3.05, 3.63) is 17.6 Å². The number of nitrogens with zero attached hydrogens (tertiary/aromatic N) is 3. The molecule has 0 atom stereocenters. The van der Waals surface area contributed by atoms with Crippen LogP contribution in [-0.4, -0.2) is 63.3 Å². The molecule has 3 N–H and O–H groups in total. The molecule has 1 saturated carbocycles. The summed E-state index contributed by atoms with van der Waals surface area (Å²) in [5.41, 5.74) is 2.26. The molecule has 1 fully saturated rings. The minimum absolute atomic E-state index is 0.0162. The van der Waals surface area contributed by atoms with Gasteiger partial charge in [-0.25, -0.2) is 19.6 Å². The average Bonchev–Trinajstić information content (AvgIpc) is 3.40. The van der Waals surface area contributed by atoms with Crippen LogP contribution in [0.15, 0.2) is 6.33 Å². The normalized spacial score (nSPS) is 16.4. The highest BCUT2D eigenvalue weighted by Crippen LogP contribution is 2.27. The van der Waals surface area contributed by atoms with Gasteiger partial charge in [0.2, 0.25) is 0 Å². The zero-order chi connectivity index (χ0) is 20.9. The summed E-state index contributed by atoms with van der Waals surface area (Å²) in [7, 11) is 0. The van der Waals surface area contributed by atoms with Crippen LogP contribution in [0.25, 0.3) is 0 Å². The fourth-order valence-corrected chi connectivity index (χ4v) is 2.61. The lowest BCUT2D eigenvalue weighted by atomic mass is 10.1. The van der Waals surface area contributed by atoms with Crippen LogP contribution < -0.4 is 10.6 Å². The monoisotopic (exact) mass is 403 g/mol. The Balaban J connectivity index is 0.000000345. The number of carboxylic acids is 1. The number of carbonyl (C=O) groups is 2. The number of anilines is 1. The minimum atomic E-state index is -5.08. The van der Waals surface area contributed by atoms with Crippen molar-refractivity contribution in [3.8, 4) is 0 Å². The minimum Gasteiger partial charge on any atom is -0.475 e. The van der Waals surface area contributed by atoms with Crippen LogP contribution in [0.5, 0.6) is 0 Å². The molecule has 0 radical (unpaired) electrons. The standard InChI is InChI=1S/C15H23N5O.C2HF3O2/c1-10(2)18-15(21)20-7-5-12-13(6-8-20)16-9-17-14(12)19-11-3-4-11;3-2(4,5)1(6)7/h9-11H,3-8H2,1-2H3,(H,18,21)(H,16,17,19);(H,6,7). The first-order valence-corrected chi connectivity index (χ1v) is 9.02. The van der Waals surface area contributed by atoms with Gasteiger partial charge in [0, 0.05) is 37.2 Å². The Kier molecular flexibility index (Phi) is 7.03. The van der Waals surface area contributed by atoms with Gasteiger partial charge in [0.05, 0.1) is 5.69 Å². The van der Waals surface area contributed by atoms with Crippen LogP contribution in [0.2, 0.25) is 0 Å². The number of fused-ring (bicyclic) bond motifs is 1. The molecule has 1 aromatic rings. The van der Waals surface area contributed by atoms with Gasteiger partial charge in [-0.1, -0.05) is 0 Å². The number of nitrogens with one attached hydrogen (secondary N) is 2. The topological polar surface area (TPSA) is 107 Å². The van der Waals surface area contributed by atoms with E-state index in [9.17, 15) is 18.0 Å². The van der Waals surface area contributed by atoms with E-state index in [1.807, 2.05) is 18.7 Å². The summed E-state index contributed by atoms with van der Waals surface area (Å²) in [6, 6.07) is 0.755. The first kappa shape index (κ1) is 21.7. The summed E-state index contributed by atoms with van der Waals surface area (Å²) in [4.78, 5) is 31.7. The van der Waals surface area contributed by atoms with E-state index < -0.39 is 12.1 Å². The summed E-state index contributed by atoms with van der Waals surface area (Å²) in [5.74, 6) is -1.79. The van der Waals surface area contributed by atoms with Crippen molar-refractivity contribution in [2.75, 3.05) is 18.4 Å². The van der Waals surface area contributed by atoms with Crippen LogP contribution in [0.3, 0.4) is 0 Å². The lowest BCUT2D eigenvalue weighted by Crippen LogP contribution is -2.44. The largest absolute Gasteiger partial charge is 0.490 e. The number of aliphatic carboxylic acids is 1. The van der Waals surface area contributed by atoms with E-state index in [1.54, 1.807) is 6.33 Å². The van der Waals surface area contributed by atoms with Gasteiger partial charge in [-0.05, 0) is 33.1 Å².